The maximum absolute atomic E-state index is 13.0. The predicted octanol–water partition coefficient (Wildman–Crippen LogP) is 2.33. The Morgan fingerprint density at radius 1 is 0.889 bits per heavy atom. The molecule has 190 valence electrons. The normalized spacial score (nSPS) is 18.9. The number of aromatic nitrogens is 2. The molecule has 2 atom stereocenters. The van der Waals surface area contributed by atoms with Crippen molar-refractivity contribution in [2.75, 3.05) is 23.1 Å². The van der Waals surface area contributed by atoms with Gasteiger partial charge in [-0.05, 0) is 68.4 Å². The van der Waals surface area contributed by atoms with Crippen LogP contribution in [0.2, 0.25) is 0 Å². The molecular weight excluding hydrogens is 506 g/mol. The molecule has 2 aromatic carbocycles. The van der Waals surface area contributed by atoms with E-state index in [0.717, 1.165) is 0 Å². The molecule has 1 fully saturated rings. The highest BCUT2D eigenvalue weighted by atomic mass is 32.2. The quantitative estimate of drug-likeness (QED) is 0.472. The highest BCUT2D eigenvalue weighted by Crippen LogP contribution is 2.22. The van der Waals surface area contributed by atoms with Crippen LogP contribution in [0.4, 0.5) is 11.6 Å². The molecule has 4 rings (SSSR count). The highest BCUT2D eigenvalue weighted by molar-refractivity contribution is 7.92. The van der Waals surface area contributed by atoms with Gasteiger partial charge in [0.25, 0.3) is 15.9 Å². The van der Waals surface area contributed by atoms with Crippen LogP contribution in [0.3, 0.4) is 0 Å². The summed E-state index contributed by atoms with van der Waals surface area (Å²) in [7, 11) is -7.62. The van der Waals surface area contributed by atoms with E-state index in [1.165, 1.54) is 65.2 Å². The number of nitrogens with zero attached hydrogens (tertiary/aromatic N) is 3. The molecule has 1 aliphatic rings. The van der Waals surface area contributed by atoms with Crippen LogP contribution in [0.5, 0.6) is 0 Å². The van der Waals surface area contributed by atoms with Crippen LogP contribution >= 0.6 is 0 Å². The molecular formula is C23H25N5O6S2. The molecule has 0 saturated carbocycles. The van der Waals surface area contributed by atoms with E-state index >= 15 is 0 Å². The molecule has 0 spiro atoms. The van der Waals surface area contributed by atoms with E-state index in [-0.39, 0.29) is 46.6 Å². The van der Waals surface area contributed by atoms with Gasteiger partial charge in [0.1, 0.15) is 0 Å². The number of rotatable bonds is 7. The molecule has 0 aliphatic carbocycles. The second-order valence-electron chi connectivity index (χ2n) is 8.26. The third-order valence-electron chi connectivity index (χ3n) is 5.35. The monoisotopic (exact) mass is 531 g/mol. The third-order valence-corrected chi connectivity index (χ3v) is 8.54. The van der Waals surface area contributed by atoms with Crippen molar-refractivity contribution in [2.45, 2.75) is 35.8 Å². The molecule has 1 aliphatic heterocycles. The van der Waals surface area contributed by atoms with Crippen LogP contribution in [-0.4, -0.2) is 62.3 Å². The molecule has 3 aromatic rings. The molecule has 13 heteroatoms. The average Bonchev–Trinajstić information content (AvgIpc) is 2.84. The van der Waals surface area contributed by atoms with Crippen molar-refractivity contribution in [3.8, 4) is 0 Å². The summed E-state index contributed by atoms with van der Waals surface area (Å²) >= 11 is 0. The van der Waals surface area contributed by atoms with Crippen molar-refractivity contribution in [1.29, 1.82) is 0 Å². The van der Waals surface area contributed by atoms with Gasteiger partial charge in [-0.15, -0.1) is 0 Å². The summed E-state index contributed by atoms with van der Waals surface area (Å²) in [5.41, 5.74) is 0.611. The van der Waals surface area contributed by atoms with E-state index in [9.17, 15) is 21.6 Å². The lowest BCUT2D eigenvalue weighted by Gasteiger charge is -2.34. The number of ether oxygens (including phenoxy) is 1. The number of nitrogens with one attached hydrogen (secondary N) is 2. The highest BCUT2D eigenvalue weighted by Gasteiger charge is 2.32. The van der Waals surface area contributed by atoms with Crippen LogP contribution in [0.1, 0.15) is 24.2 Å². The summed E-state index contributed by atoms with van der Waals surface area (Å²) in [5, 5.41) is 2.66. The van der Waals surface area contributed by atoms with Gasteiger partial charge in [-0.1, -0.05) is 0 Å². The molecule has 1 amide bonds. The summed E-state index contributed by atoms with van der Waals surface area (Å²) in [6.45, 7) is 4.16. The Morgan fingerprint density at radius 3 is 2.03 bits per heavy atom. The van der Waals surface area contributed by atoms with Gasteiger partial charge in [-0.2, -0.15) is 4.31 Å². The Bertz CT molecular complexity index is 1420. The fourth-order valence-electron chi connectivity index (χ4n) is 3.71. The van der Waals surface area contributed by atoms with Crippen LogP contribution in [0.15, 0.2) is 76.8 Å². The lowest BCUT2D eigenvalue weighted by molar-refractivity contribution is -0.0440. The van der Waals surface area contributed by atoms with Gasteiger partial charge in [0.05, 0.1) is 22.0 Å². The number of hydrogen-bond donors (Lipinski definition) is 2. The van der Waals surface area contributed by atoms with Gasteiger partial charge in [-0.3, -0.25) is 4.79 Å². The maximum atomic E-state index is 13.0. The molecule has 2 heterocycles. The Hall–Kier alpha value is -3.39. The smallest absolute Gasteiger partial charge is 0.264 e. The summed E-state index contributed by atoms with van der Waals surface area (Å²) in [5.74, 6) is -0.531. The molecule has 2 N–H and O–H groups in total. The van der Waals surface area contributed by atoms with E-state index in [1.807, 2.05) is 13.8 Å². The van der Waals surface area contributed by atoms with E-state index in [4.69, 9.17) is 4.74 Å². The average molecular weight is 532 g/mol. The molecule has 0 radical (unpaired) electrons. The van der Waals surface area contributed by atoms with Crippen molar-refractivity contribution in [3.05, 3.63) is 72.6 Å². The van der Waals surface area contributed by atoms with Crippen molar-refractivity contribution >= 4 is 37.6 Å². The number of hydrogen-bond acceptors (Lipinski definition) is 8. The molecule has 36 heavy (non-hydrogen) atoms. The minimum absolute atomic E-state index is 0.0331. The SMILES string of the molecule is C[C@@H]1CN(S(=O)(=O)c2ccc(C(=O)Nc3ccc(S(=O)(=O)Nc4ncccn4)cc3)cc2)C[C@@H](C)O1. The van der Waals surface area contributed by atoms with Gasteiger partial charge in [0.15, 0.2) is 0 Å². The van der Waals surface area contributed by atoms with Crippen molar-refractivity contribution < 1.29 is 26.4 Å². The summed E-state index contributed by atoms with van der Waals surface area (Å²) in [6.07, 6.45) is 2.40. The number of sulfonamides is 2. The van der Waals surface area contributed by atoms with Crippen LogP contribution in [0, 0.1) is 0 Å². The Balaban J connectivity index is 1.42. The fraction of sp³-hybridized carbons (Fsp3) is 0.261. The Kier molecular flexibility index (Phi) is 7.36. The zero-order valence-electron chi connectivity index (χ0n) is 19.5. The van der Waals surface area contributed by atoms with Gasteiger partial charge in [0.2, 0.25) is 16.0 Å². The number of morpholine rings is 1. The summed E-state index contributed by atoms with van der Waals surface area (Å²) < 4.78 is 60.2. The first-order chi connectivity index (χ1) is 17.0. The topological polar surface area (TPSA) is 148 Å². The minimum atomic E-state index is -3.90. The molecule has 0 bridgehead atoms. The maximum Gasteiger partial charge on any atom is 0.264 e. The number of benzene rings is 2. The number of carbonyl (C=O) groups is 1. The summed E-state index contributed by atoms with van der Waals surface area (Å²) in [4.78, 5) is 20.4. The first-order valence-corrected chi connectivity index (χ1v) is 13.9. The minimum Gasteiger partial charge on any atom is -0.373 e. The largest absolute Gasteiger partial charge is 0.373 e. The van der Waals surface area contributed by atoms with Crippen LogP contribution in [-0.2, 0) is 24.8 Å². The van der Waals surface area contributed by atoms with Gasteiger partial charge in [-0.25, -0.2) is 31.5 Å². The van der Waals surface area contributed by atoms with Gasteiger partial charge >= 0.3 is 0 Å². The van der Waals surface area contributed by atoms with Crippen LogP contribution in [0.25, 0.3) is 0 Å². The molecule has 11 nitrogen and oxygen atoms in total. The number of carbonyl (C=O) groups excluding carboxylic acids is 1. The van der Waals surface area contributed by atoms with E-state index in [2.05, 4.69) is 20.0 Å². The van der Waals surface area contributed by atoms with E-state index in [1.54, 1.807) is 6.07 Å². The van der Waals surface area contributed by atoms with Crippen molar-refractivity contribution in [1.82, 2.24) is 14.3 Å². The third kappa shape index (κ3) is 5.87. The second-order valence-corrected chi connectivity index (χ2v) is 11.9. The first kappa shape index (κ1) is 25.7. The molecule has 0 unspecified atom stereocenters. The number of anilines is 2. The second kappa shape index (κ2) is 10.3. The van der Waals surface area contributed by atoms with Gasteiger partial charge in [0, 0.05) is 36.7 Å². The molecule has 1 saturated heterocycles. The van der Waals surface area contributed by atoms with Crippen molar-refractivity contribution in [3.63, 3.8) is 0 Å². The lowest BCUT2D eigenvalue weighted by Crippen LogP contribution is -2.48. The fourth-order valence-corrected chi connectivity index (χ4v) is 6.25. The Labute approximate surface area is 209 Å². The van der Waals surface area contributed by atoms with E-state index in [0.29, 0.717) is 5.69 Å². The van der Waals surface area contributed by atoms with E-state index < -0.39 is 26.0 Å². The number of amides is 1. The zero-order valence-corrected chi connectivity index (χ0v) is 21.2. The summed E-state index contributed by atoms with van der Waals surface area (Å²) in [6, 6.07) is 12.8. The standard InChI is InChI=1S/C23H25N5O6S2/c1-16-14-28(15-17(2)34-16)36(32,33)21-8-4-18(5-9-21)22(29)26-19-6-10-20(11-7-19)35(30,31)27-23-24-12-3-13-25-23/h3-13,16-17H,14-15H2,1-2H3,(H,26,29)(H,24,25,27)/t16-,17-/m1/s1. The Morgan fingerprint density at radius 2 is 1.44 bits per heavy atom. The van der Waals surface area contributed by atoms with Gasteiger partial charge < -0.3 is 10.1 Å². The predicted molar refractivity (Wildman–Crippen MR) is 132 cm³/mol. The zero-order chi connectivity index (χ0) is 25.9. The lowest BCUT2D eigenvalue weighted by atomic mass is 10.2. The van der Waals surface area contributed by atoms with Crippen molar-refractivity contribution in [2.24, 2.45) is 0 Å². The van der Waals surface area contributed by atoms with Crippen LogP contribution < -0.4 is 10.0 Å². The first-order valence-electron chi connectivity index (χ1n) is 11.0. The molecule has 1 aromatic heterocycles.